The van der Waals surface area contributed by atoms with Crippen molar-refractivity contribution in [3.63, 3.8) is 0 Å². The van der Waals surface area contributed by atoms with Crippen molar-refractivity contribution in [2.75, 3.05) is 6.54 Å². The molecule has 1 atom stereocenters. The van der Waals surface area contributed by atoms with Gasteiger partial charge in [0.05, 0.1) is 0 Å². The number of rotatable bonds is 8. The molecular weight excluding hydrogens is 260 g/mol. The van der Waals surface area contributed by atoms with Crippen molar-refractivity contribution >= 4 is 12.0 Å². The second-order valence-corrected chi connectivity index (χ2v) is 4.63. The fourth-order valence-corrected chi connectivity index (χ4v) is 1.83. The van der Waals surface area contributed by atoms with Crippen molar-refractivity contribution in [3.05, 3.63) is 18.0 Å². The molecule has 0 bridgehead atoms. The minimum Gasteiger partial charge on any atom is -0.480 e. The van der Waals surface area contributed by atoms with Crippen molar-refractivity contribution in [2.24, 2.45) is 7.05 Å². The zero-order valence-corrected chi connectivity index (χ0v) is 11.9. The summed E-state index contributed by atoms with van der Waals surface area (Å²) in [6, 6.07) is 0.600. The SMILES string of the molecule is CCCC[C@H](NC(=O)NCCc1ccnn1C)C(=O)O. The number of nitrogens with zero attached hydrogens (tertiary/aromatic N) is 2. The number of aromatic nitrogens is 2. The van der Waals surface area contributed by atoms with Crippen LogP contribution in [0.1, 0.15) is 31.9 Å². The van der Waals surface area contributed by atoms with Crippen LogP contribution < -0.4 is 10.6 Å². The Kier molecular flexibility index (Phi) is 6.55. The fourth-order valence-electron chi connectivity index (χ4n) is 1.83. The van der Waals surface area contributed by atoms with Crippen LogP contribution in [0.4, 0.5) is 4.79 Å². The van der Waals surface area contributed by atoms with Crippen LogP contribution in [-0.4, -0.2) is 39.5 Å². The Bertz CT molecular complexity index is 445. The maximum atomic E-state index is 11.6. The van der Waals surface area contributed by atoms with Gasteiger partial charge < -0.3 is 15.7 Å². The molecule has 0 spiro atoms. The molecular formula is C13H22N4O3. The van der Waals surface area contributed by atoms with Crippen LogP contribution in [0, 0.1) is 0 Å². The number of hydrogen-bond acceptors (Lipinski definition) is 3. The first-order valence-corrected chi connectivity index (χ1v) is 6.78. The first-order chi connectivity index (χ1) is 9.54. The standard InChI is InChI=1S/C13H22N4O3/c1-3-4-5-11(12(18)19)16-13(20)14-8-6-10-7-9-15-17(10)2/h7,9,11H,3-6,8H2,1-2H3,(H,18,19)(H2,14,16,20)/t11-/m0/s1. The van der Waals surface area contributed by atoms with Crippen LogP contribution >= 0.6 is 0 Å². The van der Waals surface area contributed by atoms with Crippen LogP contribution in [0.5, 0.6) is 0 Å². The largest absolute Gasteiger partial charge is 0.480 e. The Morgan fingerprint density at radius 2 is 2.25 bits per heavy atom. The molecule has 0 fully saturated rings. The molecule has 0 aliphatic heterocycles. The van der Waals surface area contributed by atoms with Gasteiger partial charge in [0.1, 0.15) is 6.04 Å². The van der Waals surface area contributed by atoms with Crippen molar-refractivity contribution in [3.8, 4) is 0 Å². The lowest BCUT2D eigenvalue weighted by atomic mass is 10.1. The van der Waals surface area contributed by atoms with E-state index in [1.807, 2.05) is 20.0 Å². The van der Waals surface area contributed by atoms with Gasteiger partial charge in [-0.25, -0.2) is 9.59 Å². The van der Waals surface area contributed by atoms with E-state index in [1.165, 1.54) is 0 Å². The fraction of sp³-hybridized carbons (Fsp3) is 0.615. The Labute approximate surface area is 118 Å². The van der Waals surface area contributed by atoms with E-state index in [9.17, 15) is 9.59 Å². The lowest BCUT2D eigenvalue weighted by Gasteiger charge is -2.14. The Morgan fingerprint density at radius 1 is 1.50 bits per heavy atom. The molecule has 20 heavy (non-hydrogen) atoms. The van der Waals surface area contributed by atoms with Gasteiger partial charge in [0.25, 0.3) is 0 Å². The molecule has 0 aliphatic rings. The lowest BCUT2D eigenvalue weighted by Crippen LogP contribution is -2.46. The van der Waals surface area contributed by atoms with Crippen LogP contribution in [0.25, 0.3) is 0 Å². The molecule has 7 nitrogen and oxygen atoms in total. The van der Waals surface area contributed by atoms with Crippen molar-refractivity contribution in [1.82, 2.24) is 20.4 Å². The quantitative estimate of drug-likeness (QED) is 0.660. The van der Waals surface area contributed by atoms with E-state index in [0.717, 1.165) is 18.5 Å². The van der Waals surface area contributed by atoms with Gasteiger partial charge in [-0.05, 0) is 12.5 Å². The third-order valence-corrected chi connectivity index (χ3v) is 3.04. The molecule has 0 saturated carbocycles. The maximum Gasteiger partial charge on any atom is 0.326 e. The minimum absolute atomic E-state index is 0.436. The van der Waals surface area contributed by atoms with Crippen LogP contribution in [0.3, 0.4) is 0 Å². The summed E-state index contributed by atoms with van der Waals surface area (Å²) >= 11 is 0. The molecule has 0 aliphatic carbocycles. The molecule has 2 amide bonds. The van der Waals surface area contributed by atoms with Crippen molar-refractivity contribution in [2.45, 2.75) is 38.6 Å². The topological polar surface area (TPSA) is 96.3 Å². The molecule has 1 aromatic rings. The first kappa shape index (κ1) is 16.0. The summed E-state index contributed by atoms with van der Waals surface area (Å²) in [6.07, 6.45) is 4.46. The molecule has 0 saturated heterocycles. The summed E-state index contributed by atoms with van der Waals surface area (Å²) in [5, 5.41) is 18.2. The first-order valence-electron chi connectivity index (χ1n) is 6.78. The third kappa shape index (κ3) is 5.29. The molecule has 1 rings (SSSR count). The van der Waals surface area contributed by atoms with Gasteiger partial charge in [-0.15, -0.1) is 0 Å². The van der Waals surface area contributed by atoms with Gasteiger partial charge >= 0.3 is 12.0 Å². The number of nitrogens with one attached hydrogen (secondary N) is 2. The summed E-state index contributed by atoms with van der Waals surface area (Å²) in [6.45, 7) is 2.42. The van der Waals surface area contributed by atoms with E-state index in [2.05, 4.69) is 15.7 Å². The van der Waals surface area contributed by atoms with Gasteiger partial charge in [0.2, 0.25) is 0 Å². The van der Waals surface area contributed by atoms with E-state index in [-0.39, 0.29) is 0 Å². The number of amides is 2. The zero-order chi connectivity index (χ0) is 15.0. The van der Waals surface area contributed by atoms with Gasteiger partial charge in [0.15, 0.2) is 0 Å². The van der Waals surface area contributed by atoms with E-state index < -0.39 is 18.0 Å². The number of urea groups is 1. The van der Waals surface area contributed by atoms with E-state index in [4.69, 9.17) is 5.11 Å². The molecule has 3 N–H and O–H groups in total. The monoisotopic (exact) mass is 282 g/mol. The molecule has 0 unspecified atom stereocenters. The lowest BCUT2D eigenvalue weighted by molar-refractivity contribution is -0.139. The predicted molar refractivity (Wildman–Crippen MR) is 74.4 cm³/mol. The van der Waals surface area contributed by atoms with Crippen LogP contribution in [0.2, 0.25) is 0 Å². The van der Waals surface area contributed by atoms with Gasteiger partial charge in [0, 0.05) is 31.9 Å². The van der Waals surface area contributed by atoms with Gasteiger partial charge in [-0.1, -0.05) is 19.8 Å². The number of aliphatic carboxylic acids is 1. The number of carboxylic acid groups (broad SMARTS) is 1. The Hall–Kier alpha value is -2.05. The number of carbonyl (C=O) groups excluding carboxylic acids is 1. The average molecular weight is 282 g/mol. The highest BCUT2D eigenvalue weighted by Crippen LogP contribution is 2.01. The molecule has 0 aromatic carbocycles. The molecule has 1 aromatic heterocycles. The summed E-state index contributed by atoms with van der Waals surface area (Å²) in [4.78, 5) is 22.6. The summed E-state index contributed by atoms with van der Waals surface area (Å²) in [7, 11) is 1.83. The van der Waals surface area contributed by atoms with Crippen molar-refractivity contribution in [1.29, 1.82) is 0 Å². The van der Waals surface area contributed by atoms with E-state index in [0.29, 0.717) is 19.4 Å². The van der Waals surface area contributed by atoms with E-state index in [1.54, 1.807) is 10.9 Å². The number of aryl methyl sites for hydroxylation is 1. The number of hydrogen-bond donors (Lipinski definition) is 3. The highest BCUT2D eigenvalue weighted by molar-refractivity contribution is 5.82. The second kappa shape index (κ2) is 8.19. The molecule has 112 valence electrons. The maximum absolute atomic E-state index is 11.6. The highest BCUT2D eigenvalue weighted by Gasteiger charge is 2.18. The number of carbonyl (C=O) groups is 2. The van der Waals surface area contributed by atoms with Crippen LogP contribution in [-0.2, 0) is 18.3 Å². The highest BCUT2D eigenvalue weighted by atomic mass is 16.4. The average Bonchev–Trinajstić information content (AvgIpc) is 2.80. The minimum atomic E-state index is -1.000. The summed E-state index contributed by atoms with van der Waals surface area (Å²) in [5.74, 6) is -1.000. The number of unbranched alkanes of at least 4 members (excludes halogenated alkanes) is 1. The second-order valence-electron chi connectivity index (χ2n) is 4.63. The molecule has 0 radical (unpaired) electrons. The van der Waals surface area contributed by atoms with Gasteiger partial charge in [-0.3, -0.25) is 4.68 Å². The number of carboxylic acids is 1. The zero-order valence-electron chi connectivity index (χ0n) is 11.9. The van der Waals surface area contributed by atoms with Gasteiger partial charge in [-0.2, -0.15) is 5.10 Å². The predicted octanol–water partition coefficient (Wildman–Crippen LogP) is 0.905. The summed E-state index contributed by atoms with van der Waals surface area (Å²) in [5.41, 5.74) is 1.01. The van der Waals surface area contributed by atoms with E-state index >= 15 is 0 Å². The Balaban J connectivity index is 2.31. The van der Waals surface area contributed by atoms with Crippen LogP contribution in [0.15, 0.2) is 12.3 Å². The third-order valence-electron chi connectivity index (χ3n) is 3.04. The normalized spacial score (nSPS) is 11.9. The smallest absolute Gasteiger partial charge is 0.326 e. The Morgan fingerprint density at radius 3 is 2.80 bits per heavy atom. The molecule has 7 heteroatoms. The molecule has 1 heterocycles. The summed E-state index contributed by atoms with van der Waals surface area (Å²) < 4.78 is 1.74. The van der Waals surface area contributed by atoms with Crippen molar-refractivity contribution < 1.29 is 14.7 Å².